The van der Waals surface area contributed by atoms with E-state index in [0.717, 1.165) is 38.0 Å². The zero-order valence-corrected chi connectivity index (χ0v) is 19.4. The van der Waals surface area contributed by atoms with Crippen LogP contribution >= 0.6 is 0 Å². The largest absolute Gasteiger partial charge is 0.413 e. The van der Waals surface area contributed by atoms with Gasteiger partial charge in [-0.15, -0.1) is 0 Å². The molecule has 2 atom stereocenters. The molecule has 1 saturated heterocycles. The molecule has 0 amide bonds. The van der Waals surface area contributed by atoms with Crippen LogP contribution in [0.1, 0.15) is 57.7 Å². The highest BCUT2D eigenvalue weighted by Crippen LogP contribution is 2.38. The van der Waals surface area contributed by atoms with Gasteiger partial charge in [0, 0.05) is 37.7 Å². The summed E-state index contributed by atoms with van der Waals surface area (Å²) in [6.45, 7) is 16.9. The van der Waals surface area contributed by atoms with Crippen molar-refractivity contribution in [2.75, 3.05) is 26.7 Å². The van der Waals surface area contributed by atoms with Crippen LogP contribution in [0.3, 0.4) is 0 Å². The van der Waals surface area contributed by atoms with Gasteiger partial charge in [0.05, 0.1) is 6.10 Å². The minimum Gasteiger partial charge on any atom is -0.413 e. The van der Waals surface area contributed by atoms with E-state index >= 15 is 0 Å². The van der Waals surface area contributed by atoms with Crippen LogP contribution in [-0.4, -0.2) is 46.0 Å². The van der Waals surface area contributed by atoms with Crippen LogP contribution in [0.4, 0.5) is 0 Å². The number of hydrogen-bond donors (Lipinski definition) is 1. The highest BCUT2D eigenvalue weighted by Gasteiger charge is 2.40. The van der Waals surface area contributed by atoms with Crippen LogP contribution < -0.4 is 5.32 Å². The summed E-state index contributed by atoms with van der Waals surface area (Å²) in [5.74, 6) is 6.42. The molecule has 0 unspecified atom stereocenters. The maximum Gasteiger partial charge on any atom is 0.192 e. The molecule has 1 heterocycles. The van der Waals surface area contributed by atoms with E-state index < -0.39 is 8.32 Å². The van der Waals surface area contributed by atoms with Gasteiger partial charge >= 0.3 is 0 Å². The van der Waals surface area contributed by atoms with Gasteiger partial charge in [-0.25, -0.2) is 0 Å². The van der Waals surface area contributed by atoms with Gasteiger partial charge in [-0.2, -0.15) is 0 Å². The highest BCUT2D eigenvalue weighted by molar-refractivity contribution is 6.74. The number of rotatable bonds is 6. The minimum atomic E-state index is -1.69. The molecule has 4 heteroatoms. The molecule has 2 rings (SSSR count). The average molecular weight is 387 g/mol. The van der Waals surface area contributed by atoms with Crippen LogP contribution in [0.2, 0.25) is 18.1 Å². The van der Waals surface area contributed by atoms with Crippen molar-refractivity contribution in [1.29, 1.82) is 0 Å². The second kappa shape index (κ2) is 9.38. The summed E-state index contributed by atoms with van der Waals surface area (Å²) in [7, 11) is 0.361. The van der Waals surface area contributed by atoms with E-state index in [-0.39, 0.29) is 5.04 Å². The van der Waals surface area contributed by atoms with Gasteiger partial charge in [0.25, 0.3) is 0 Å². The summed E-state index contributed by atoms with van der Waals surface area (Å²) in [4.78, 5) is 2.55. The number of nitrogens with zero attached hydrogens (tertiary/aromatic N) is 1. The Kier molecular flexibility index (Phi) is 7.70. The normalized spacial score (nSPS) is 19.6. The Bertz CT molecular complexity index is 669. The van der Waals surface area contributed by atoms with Gasteiger partial charge in [-0.05, 0) is 49.3 Å². The molecular formula is C23H38N2OSi. The fourth-order valence-corrected chi connectivity index (χ4v) is 4.68. The fraction of sp³-hybridized carbons (Fsp3) is 0.652. The summed E-state index contributed by atoms with van der Waals surface area (Å²) in [5, 5.41) is 3.77. The molecule has 0 radical (unpaired) electrons. The number of benzene rings is 1. The summed E-state index contributed by atoms with van der Waals surface area (Å²) in [6.07, 6.45) is 2.42. The Labute approximate surface area is 168 Å². The average Bonchev–Trinajstić information content (AvgIpc) is 3.03. The maximum absolute atomic E-state index is 6.64. The molecule has 27 heavy (non-hydrogen) atoms. The predicted octanol–water partition coefficient (Wildman–Crippen LogP) is 4.80. The Morgan fingerprint density at radius 3 is 2.70 bits per heavy atom. The van der Waals surface area contributed by atoms with E-state index in [1.54, 1.807) is 0 Å². The second-order valence-electron chi connectivity index (χ2n) is 9.17. The lowest BCUT2D eigenvalue weighted by Crippen LogP contribution is -2.44. The molecule has 0 aliphatic carbocycles. The van der Waals surface area contributed by atoms with Crippen molar-refractivity contribution in [3.8, 4) is 11.8 Å². The van der Waals surface area contributed by atoms with Crippen LogP contribution in [0.25, 0.3) is 0 Å². The zero-order valence-electron chi connectivity index (χ0n) is 18.4. The number of hydrogen-bond acceptors (Lipinski definition) is 3. The van der Waals surface area contributed by atoms with Gasteiger partial charge in [0.1, 0.15) is 0 Å². The first-order chi connectivity index (χ1) is 12.7. The standard InChI is InChI=1S/C23H38N2OSi/c1-8-9-11-19-12-10-13-20(16-19)22(24-5)18-25-15-14-21(17-25)26-27(6,7)23(2,3)4/h10,12-13,16,21-22,24H,8,14-15,17-18H2,1-7H3/t21-,22-/m1/s1. The van der Waals surface area contributed by atoms with Gasteiger partial charge < -0.3 is 9.74 Å². The number of nitrogens with one attached hydrogen (secondary N) is 1. The molecule has 1 N–H and O–H groups in total. The summed E-state index contributed by atoms with van der Waals surface area (Å²) in [5.41, 5.74) is 2.42. The smallest absolute Gasteiger partial charge is 0.192 e. The minimum absolute atomic E-state index is 0.272. The number of likely N-dealkylation sites (N-methyl/N-ethyl adjacent to an activating group) is 1. The van der Waals surface area contributed by atoms with E-state index in [9.17, 15) is 0 Å². The van der Waals surface area contributed by atoms with E-state index in [1.807, 2.05) is 0 Å². The van der Waals surface area contributed by atoms with Gasteiger partial charge in [-0.1, -0.05) is 51.7 Å². The van der Waals surface area contributed by atoms with Crippen molar-refractivity contribution in [1.82, 2.24) is 10.2 Å². The first-order valence-electron chi connectivity index (χ1n) is 10.3. The summed E-state index contributed by atoms with van der Waals surface area (Å²) in [6, 6.07) is 8.96. The molecule has 0 saturated carbocycles. The first-order valence-corrected chi connectivity index (χ1v) is 13.2. The molecule has 1 aromatic carbocycles. The molecule has 3 nitrogen and oxygen atoms in total. The molecule has 150 valence electrons. The Balaban J connectivity index is 1.98. The van der Waals surface area contributed by atoms with Crippen molar-refractivity contribution >= 4 is 8.32 Å². The Morgan fingerprint density at radius 1 is 1.33 bits per heavy atom. The highest BCUT2D eigenvalue weighted by atomic mass is 28.4. The molecular weight excluding hydrogens is 348 g/mol. The van der Waals surface area contributed by atoms with Gasteiger partial charge in [0.2, 0.25) is 0 Å². The lowest BCUT2D eigenvalue weighted by atomic mass is 10.0. The second-order valence-corrected chi connectivity index (χ2v) is 13.9. The van der Waals surface area contributed by atoms with Gasteiger partial charge in [0.15, 0.2) is 8.32 Å². The van der Waals surface area contributed by atoms with Crippen molar-refractivity contribution in [2.45, 2.75) is 70.8 Å². The maximum atomic E-state index is 6.64. The molecule has 1 aromatic rings. The molecule has 1 fully saturated rings. The SMILES string of the molecule is CCC#Cc1cccc([C@@H](CN2CC[C@@H](O[Si](C)(C)C(C)(C)C)C2)NC)c1. The third-order valence-electron chi connectivity index (χ3n) is 5.98. The van der Waals surface area contributed by atoms with Crippen molar-refractivity contribution in [2.24, 2.45) is 0 Å². The quantitative estimate of drug-likeness (QED) is 0.561. The lowest BCUT2D eigenvalue weighted by molar-refractivity contribution is 0.177. The molecule has 1 aliphatic heterocycles. The van der Waals surface area contributed by atoms with Crippen molar-refractivity contribution in [3.63, 3.8) is 0 Å². The van der Waals surface area contributed by atoms with Crippen molar-refractivity contribution < 1.29 is 4.43 Å². The number of likely N-dealkylation sites (tertiary alicyclic amines) is 1. The topological polar surface area (TPSA) is 24.5 Å². The fourth-order valence-electron chi connectivity index (χ4n) is 3.30. The van der Waals surface area contributed by atoms with Crippen LogP contribution in [0, 0.1) is 11.8 Å². The van der Waals surface area contributed by atoms with E-state index in [2.05, 4.69) is 94.2 Å². The molecule has 0 spiro atoms. The third kappa shape index (κ3) is 6.19. The molecule has 0 bridgehead atoms. The van der Waals surface area contributed by atoms with E-state index in [4.69, 9.17) is 4.43 Å². The van der Waals surface area contributed by atoms with Crippen LogP contribution in [-0.2, 0) is 4.43 Å². The van der Waals surface area contributed by atoms with Gasteiger partial charge in [-0.3, -0.25) is 4.90 Å². The first kappa shape index (κ1) is 22.2. The molecule has 1 aliphatic rings. The lowest BCUT2D eigenvalue weighted by Gasteiger charge is -2.38. The summed E-state index contributed by atoms with van der Waals surface area (Å²) < 4.78 is 6.64. The van der Waals surface area contributed by atoms with Crippen LogP contribution in [0.15, 0.2) is 24.3 Å². The Morgan fingerprint density at radius 2 is 2.07 bits per heavy atom. The van der Waals surface area contributed by atoms with Crippen LogP contribution in [0.5, 0.6) is 0 Å². The zero-order chi connectivity index (χ0) is 20.1. The third-order valence-corrected chi connectivity index (χ3v) is 10.5. The van der Waals surface area contributed by atoms with E-state index in [1.165, 1.54) is 5.56 Å². The molecule has 0 aromatic heterocycles. The predicted molar refractivity (Wildman–Crippen MR) is 119 cm³/mol. The monoisotopic (exact) mass is 386 g/mol. The summed E-state index contributed by atoms with van der Waals surface area (Å²) >= 11 is 0. The van der Waals surface area contributed by atoms with Crippen molar-refractivity contribution in [3.05, 3.63) is 35.4 Å². The van der Waals surface area contributed by atoms with E-state index in [0.29, 0.717) is 12.1 Å². The Hall–Kier alpha value is -1.12.